The van der Waals surface area contributed by atoms with Gasteiger partial charge in [0.25, 0.3) is 0 Å². The number of carbonyl (C=O) groups excluding carboxylic acids is 2. The Kier molecular flexibility index (Phi) is 9.78. The maximum atomic E-state index is 13.9. The molecule has 42 heavy (non-hydrogen) atoms. The molecule has 1 N–H and O–H groups in total. The number of benzene rings is 3. The van der Waals surface area contributed by atoms with Crippen molar-refractivity contribution >= 4 is 27.5 Å². The Morgan fingerprint density at radius 3 is 2.14 bits per heavy atom. The Hall–Kier alpha value is -4.05. The lowest BCUT2D eigenvalue weighted by Crippen LogP contribution is -2.54. The van der Waals surface area contributed by atoms with Gasteiger partial charge < -0.3 is 19.7 Å². The van der Waals surface area contributed by atoms with Crippen molar-refractivity contribution in [2.24, 2.45) is 0 Å². The SMILES string of the molecule is CC(C)(C)NC(=O)[C@@H](Cc1ccccc1)N(Cc1ccccc1)C(=O)CCCN(c1ccc2c(c1)OCO2)S(C)(=O)=O. The topological polar surface area (TPSA) is 105 Å². The molecule has 0 unspecified atom stereocenters. The molecule has 0 aromatic heterocycles. The standard InChI is InChI=1S/C32H39N3O6S/c1-32(2,3)33-31(37)27(20-24-12-7-5-8-13-24)34(22-25-14-9-6-10-15-25)30(36)16-11-19-35(42(4,38)39)26-17-18-28-29(21-26)41-23-40-28/h5-10,12-15,17-18,21,27H,11,16,19-20,22-23H2,1-4H3,(H,33,37)/t27-/m1/s1. The fraction of sp³-hybridized carbons (Fsp3) is 0.375. The summed E-state index contributed by atoms with van der Waals surface area (Å²) in [6.07, 6.45) is 1.78. The van der Waals surface area contributed by atoms with Gasteiger partial charge in [-0.25, -0.2) is 8.42 Å². The van der Waals surface area contributed by atoms with Crippen molar-refractivity contribution in [1.82, 2.24) is 10.2 Å². The molecule has 9 nitrogen and oxygen atoms in total. The average Bonchev–Trinajstić information content (AvgIpc) is 3.40. The summed E-state index contributed by atoms with van der Waals surface area (Å²) in [5, 5.41) is 3.05. The number of nitrogens with zero attached hydrogens (tertiary/aromatic N) is 2. The molecule has 0 saturated heterocycles. The monoisotopic (exact) mass is 593 g/mol. The van der Waals surface area contributed by atoms with Crippen LogP contribution >= 0.6 is 0 Å². The molecule has 0 fully saturated rings. The Balaban J connectivity index is 1.57. The molecule has 4 rings (SSSR count). The lowest BCUT2D eigenvalue weighted by atomic mass is 10.00. The molecule has 0 radical (unpaired) electrons. The Bertz CT molecular complexity index is 1470. The molecular weight excluding hydrogens is 554 g/mol. The number of fused-ring (bicyclic) bond motifs is 1. The van der Waals surface area contributed by atoms with Crippen LogP contribution in [0.1, 0.15) is 44.7 Å². The van der Waals surface area contributed by atoms with Crippen molar-refractivity contribution in [3.05, 3.63) is 90.0 Å². The van der Waals surface area contributed by atoms with Gasteiger partial charge in [-0.3, -0.25) is 13.9 Å². The molecule has 1 atom stereocenters. The third-order valence-electron chi connectivity index (χ3n) is 6.76. The summed E-state index contributed by atoms with van der Waals surface area (Å²) < 4.78 is 37.5. The highest BCUT2D eigenvalue weighted by Gasteiger charge is 2.32. The summed E-state index contributed by atoms with van der Waals surface area (Å²) in [5.74, 6) is 0.550. The number of ether oxygens (including phenoxy) is 2. The van der Waals surface area contributed by atoms with Gasteiger partial charge >= 0.3 is 0 Å². The van der Waals surface area contributed by atoms with E-state index in [1.807, 2.05) is 81.4 Å². The van der Waals surface area contributed by atoms with Gasteiger partial charge in [-0.05, 0) is 50.5 Å². The fourth-order valence-corrected chi connectivity index (χ4v) is 5.79. The summed E-state index contributed by atoms with van der Waals surface area (Å²) in [7, 11) is -3.64. The predicted molar refractivity (Wildman–Crippen MR) is 163 cm³/mol. The molecule has 1 aliphatic rings. The summed E-state index contributed by atoms with van der Waals surface area (Å²) >= 11 is 0. The minimum atomic E-state index is -3.64. The minimum Gasteiger partial charge on any atom is -0.454 e. The first-order chi connectivity index (χ1) is 19.9. The summed E-state index contributed by atoms with van der Waals surface area (Å²) in [4.78, 5) is 29.2. The zero-order chi connectivity index (χ0) is 30.3. The van der Waals surface area contributed by atoms with Crippen molar-refractivity contribution in [1.29, 1.82) is 0 Å². The first kappa shape index (κ1) is 30.9. The van der Waals surface area contributed by atoms with Crippen LogP contribution in [0, 0.1) is 0 Å². The van der Waals surface area contributed by atoms with Crippen LogP contribution in [0.15, 0.2) is 78.9 Å². The van der Waals surface area contributed by atoms with E-state index in [0.717, 1.165) is 17.4 Å². The van der Waals surface area contributed by atoms with Crippen molar-refractivity contribution in [3.63, 3.8) is 0 Å². The van der Waals surface area contributed by atoms with Crippen LogP contribution in [0.5, 0.6) is 11.5 Å². The first-order valence-electron chi connectivity index (χ1n) is 14.0. The maximum absolute atomic E-state index is 13.9. The van der Waals surface area contributed by atoms with Crippen LogP contribution < -0.4 is 19.1 Å². The van der Waals surface area contributed by atoms with Gasteiger partial charge in [0.15, 0.2) is 11.5 Å². The number of hydrogen-bond donors (Lipinski definition) is 1. The van der Waals surface area contributed by atoms with Gasteiger partial charge in [0.2, 0.25) is 28.6 Å². The van der Waals surface area contributed by atoms with E-state index in [0.29, 0.717) is 23.6 Å². The van der Waals surface area contributed by atoms with Gasteiger partial charge in [0, 0.05) is 37.5 Å². The molecule has 0 aliphatic carbocycles. The van der Waals surface area contributed by atoms with E-state index in [-0.39, 0.29) is 44.5 Å². The van der Waals surface area contributed by atoms with Crippen LogP contribution in [0.25, 0.3) is 0 Å². The quantitative estimate of drug-likeness (QED) is 0.331. The van der Waals surface area contributed by atoms with E-state index in [1.54, 1.807) is 23.1 Å². The number of anilines is 1. The van der Waals surface area contributed by atoms with Gasteiger partial charge in [0.05, 0.1) is 11.9 Å². The molecule has 0 saturated carbocycles. The highest BCUT2D eigenvalue weighted by Crippen LogP contribution is 2.36. The van der Waals surface area contributed by atoms with Gasteiger partial charge in [-0.15, -0.1) is 0 Å². The maximum Gasteiger partial charge on any atom is 0.243 e. The second-order valence-corrected chi connectivity index (χ2v) is 13.3. The van der Waals surface area contributed by atoms with E-state index in [2.05, 4.69) is 5.32 Å². The van der Waals surface area contributed by atoms with Crippen molar-refractivity contribution in [3.8, 4) is 11.5 Å². The summed E-state index contributed by atoms with van der Waals surface area (Å²) in [6, 6.07) is 23.3. The minimum absolute atomic E-state index is 0.0531. The molecule has 0 bridgehead atoms. The van der Waals surface area contributed by atoms with E-state index in [9.17, 15) is 18.0 Å². The summed E-state index contributed by atoms with van der Waals surface area (Å²) in [5.41, 5.74) is 1.77. The predicted octanol–water partition coefficient (Wildman–Crippen LogP) is 4.52. The highest BCUT2D eigenvalue weighted by atomic mass is 32.2. The van der Waals surface area contributed by atoms with E-state index >= 15 is 0 Å². The number of rotatable bonds is 12. The zero-order valence-electron chi connectivity index (χ0n) is 24.6. The molecule has 0 spiro atoms. The second kappa shape index (κ2) is 13.3. The number of amides is 2. The zero-order valence-corrected chi connectivity index (χ0v) is 25.4. The van der Waals surface area contributed by atoms with Crippen molar-refractivity contribution < 1.29 is 27.5 Å². The van der Waals surface area contributed by atoms with Crippen molar-refractivity contribution in [2.75, 3.05) is 23.9 Å². The summed E-state index contributed by atoms with van der Waals surface area (Å²) in [6.45, 7) is 6.13. The van der Waals surface area contributed by atoms with Crippen LogP contribution in [-0.4, -0.2) is 56.3 Å². The molecule has 2 amide bonds. The molecule has 3 aromatic rings. The van der Waals surface area contributed by atoms with E-state index < -0.39 is 21.6 Å². The average molecular weight is 594 g/mol. The van der Waals surface area contributed by atoms with Crippen LogP contribution in [-0.2, 0) is 32.6 Å². The first-order valence-corrected chi connectivity index (χ1v) is 15.8. The Labute approximate surface area is 248 Å². The number of sulfonamides is 1. The lowest BCUT2D eigenvalue weighted by Gasteiger charge is -2.34. The third kappa shape index (κ3) is 8.48. The number of hydrogen-bond acceptors (Lipinski definition) is 6. The molecule has 1 aliphatic heterocycles. The van der Waals surface area contributed by atoms with Crippen LogP contribution in [0.3, 0.4) is 0 Å². The number of carbonyl (C=O) groups is 2. The number of nitrogens with one attached hydrogen (secondary N) is 1. The molecule has 3 aromatic carbocycles. The fourth-order valence-electron chi connectivity index (χ4n) is 4.83. The van der Waals surface area contributed by atoms with E-state index in [4.69, 9.17) is 9.47 Å². The van der Waals surface area contributed by atoms with E-state index in [1.165, 1.54) is 4.31 Å². The van der Waals surface area contributed by atoms with Gasteiger partial charge in [-0.1, -0.05) is 60.7 Å². The molecule has 10 heteroatoms. The molecule has 1 heterocycles. The second-order valence-electron chi connectivity index (χ2n) is 11.4. The third-order valence-corrected chi connectivity index (χ3v) is 7.96. The Morgan fingerprint density at radius 2 is 1.52 bits per heavy atom. The lowest BCUT2D eigenvalue weighted by molar-refractivity contribution is -0.142. The molecule has 224 valence electrons. The smallest absolute Gasteiger partial charge is 0.243 e. The largest absolute Gasteiger partial charge is 0.454 e. The highest BCUT2D eigenvalue weighted by molar-refractivity contribution is 7.92. The molecular formula is C32H39N3O6S. The van der Waals surface area contributed by atoms with Gasteiger partial charge in [0.1, 0.15) is 6.04 Å². The normalized spacial score (nSPS) is 13.3. The Morgan fingerprint density at radius 1 is 0.905 bits per heavy atom. The van der Waals surface area contributed by atoms with Gasteiger partial charge in [-0.2, -0.15) is 0 Å². The van der Waals surface area contributed by atoms with Crippen molar-refractivity contribution in [2.45, 2.75) is 58.2 Å². The van der Waals surface area contributed by atoms with Crippen LogP contribution in [0.2, 0.25) is 0 Å². The van der Waals surface area contributed by atoms with Crippen LogP contribution in [0.4, 0.5) is 5.69 Å².